The molecule has 0 aliphatic heterocycles. The number of fused-ring (bicyclic) bond motifs is 10. The smallest absolute Gasteiger partial charge is 0.410 e. The average Bonchev–Trinajstić information content (AvgIpc) is 1.07. The summed E-state index contributed by atoms with van der Waals surface area (Å²) in [4.78, 5) is 76.5. The number of hydrogen-bond acceptors (Lipinski definition) is 14. The summed E-state index contributed by atoms with van der Waals surface area (Å²) in [5.41, 5.74) is 49.3. The maximum absolute atomic E-state index is 13.9. The van der Waals surface area contributed by atoms with Crippen LogP contribution < -0.4 is 67.1 Å². The van der Waals surface area contributed by atoms with Gasteiger partial charge in [-0.3, -0.25) is 24.4 Å². The van der Waals surface area contributed by atoms with Gasteiger partial charge in [0.05, 0.1) is 12.1 Å². The number of guanidine groups is 2. The Morgan fingerprint density at radius 1 is 0.482 bits per heavy atom. The van der Waals surface area contributed by atoms with E-state index in [-0.39, 0.29) is 65.3 Å². The van der Waals surface area contributed by atoms with Crippen molar-refractivity contribution in [2.75, 3.05) is 85.1 Å². The molecular formula is C87H160N16O7. The van der Waals surface area contributed by atoms with Crippen LogP contribution in [0, 0.1) is 92.7 Å². The van der Waals surface area contributed by atoms with E-state index >= 15 is 0 Å². The van der Waals surface area contributed by atoms with E-state index in [9.17, 15) is 24.0 Å². The molecule has 18 atom stereocenters. The number of carbonyl (C=O) groups excluding carboxylic acids is 5. The topological polar surface area (TPSA) is 391 Å². The number of amides is 5. The van der Waals surface area contributed by atoms with E-state index in [4.69, 9.17) is 55.3 Å². The minimum absolute atomic E-state index is 0.0140. The van der Waals surface area contributed by atoms with Crippen molar-refractivity contribution in [3.05, 3.63) is 23.3 Å². The monoisotopic (exact) mass is 1540 g/mol. The summed E-state index contributed by atoms with van der Waals surface area (Å²) in [6.45, 7) is 31.7. The number of unbranched alkanes of at least 4 members (excludes halogenated alkanes) is 2. The highest BCUT2D eigenvalue weighted by Crippen LogP contribution is 2.69. The lowest BCUT2D eigenvalue weighted by atomic mass is 9.47. The molecule has 8 aliphatic carbocycles. The quantitative estimate of drug-likeness (QED) is 0.0117. The lowest BCUT2D eigenvalue weighted by Gasteiger charge is -2.58. The zero-order valence-corrected chi connectivity index (χ0v) is 70.7. The molecule has 5 amide bonds. The molecule has 23 nitrogen and oxygen atoms in total. The number of alkyl carbamates (subject to hydrolysis) is 1. The fraction of sp³-hybridized carbons (Fsp3) is 0.874. The first kappa shape index (κ1) is 91.9. The third-order valence-corrected chi connectivity index (χ3v) is 28.9. The largest absolute Gasteiger partial charge is 0.446 e. The molecule has 6 fully saturated rings. The fourth-order valence-corrected chi connectivity index (χ4v) is 22.7. The van der Waals surface area contributed by atoms with Crippen molar-refractivity contribution in [2.24, 2.45) is 149 Å². The zero-order valence-electron chi connectivity index (χ0n) is 70.7. The molecule has 0 bridgehead atoms. The van der Waals surface area contributed by atoms with Crippen molar-refractivity contribution in [1.82, 2.24) is 31.1 Å². The van der Waals surface area contributed by atoms with Crippen molar-refractivity contribution >= 4 is 41.8 Å². The molecule has 20 N–H and O–H groups in total. The fourth-order valence-electron chi connectivity index (χ4n) is 22.7. The van der Waals surface area contributed by atoms with E-state index in [0.29, 0.717) is 127 Å². The number of ether oxygens (including phenoxy) is 2. The summed E-state index contributed by atoms with van der Waals surface area (Å²) in [7, 11) is 0. The van der Waals surface area contributed by atoms with Gasteiger partial charge in [0.1, 0.15) is 18.8 Å². The molecule has 8 rings (SSSR count). The maximum atomic E-state index is 13.9. The van der Waals surface area contributed by atoms with Crippen LogP contribution in [0.3, 0.4) is 0 Å². The SMILES string of the molecule is CC(C)CCCC(C)C1CCC2C3CC=C4CC(OC(=O)N(CCCCNC(=O)C(N)CCCN=C(N)N)CCCNC(=O)C(N)CCCN=C(N)N)CCC4(C)C3CCC12C.CC(C)CCCC(C)C1CCC2C3CC=C4CC(OC(=O)NCC(=O)N(CCCN)CCCCNCCCN)CCC4(C)C3CCC12C. The Kier molecular flexibility index (Phi) is 37.8. The van der Waals surface area contributed by atoms with E-state index in [1.807, 2.05) is 4.90 Å². The molecule has 110 heavy (non-hydrogen) atoms. The average molecular weight is 1540 g/mol. The summed E-state index contributed by atoms with van der Waals surface area (Å²) in [6, 6.07) is -1.32. The van der Waals surface area contributed by atoms with Gasteiger partial charge in [0.25, 0.3) is 0 Å². The van der Waals surface area contributed by atoms with Gasteiger partial charge in [-0.05, 0) is 279 Å². The Morgan fingerprint density at radius 2 is 0.927 bits per heavy atom. The van der Waals surface area contributed by atoms with E-state index in [2.05, 4.69) is 113 Å². The summed E-state index contributed by atoms with van der Waals surface area (Å²) in [5, 5.41) is 12.0. The van der Waals surface area contributed by atoms with Gasteiger partial charge < -0.3 is 86.4 Å². The summed E-state index contributed by atoms with van der Waals surface area (Å²) < 4.78 is 12.3. The van der Waals surface area contributed by atoms with Crippen LogP contribution in [-0.2, 0) is 23.9 Å². The molecule has 23 heteroatoms. The van der Waals surface area contributed by atoms with Crippen LogP contribution in [0.4, 0.5) is 9.59 Å². The molecule has 8 aliphatic rings. The first-order valence-corrected chi connectivity index (χ1v) is 44.3. The number of nitrogens with zero attached hydrogens (tertiary/aromatic N) is 4. The second kappa shape index (κ2) is 45.2. The van der Waals surface area contributed by atoms with Gasteiger partial charge in [-0.1, -0.05) is 131 Å². The van der Waals surface area contributed by atoms with Crippen LogP contribution in [0.5, 0.6) is 0 Å². The highest BCUT2D eigenvalue weighted by atomic mass is 16.6. The number of nitrogens with one attached hydrogen (secondary N) is 4. The van der Waals surface area contributed by atoms with E-state index in [0.717, 1.165) is 149 Å². The Hall–Kier alpha value is -5.23. The van der Waals surface area contributed by atoms with Gasteiger partial charge in [0.15, 0.2) is 11.9 Å². The number of aliphatic imine (C=N–C) groups is 2. The second-order valence-corrected chi connectivity index (χ2v) is 37.3. The molecule has 6 saturated carbocycles. The molecule has 0 aromatic rings. The highest BCUT2D eigenvalue weighted by molar-refractivity contribution is 5.83. The molecule has 0 aromatic carbocycles. The van der Waals surface area contributed by atoms with Crippen molar-refractivity contribution in [3.63, 3.8) is 0 Å². The van der Waals surface area contributed by atoms with Gasteiger partial charge >= 0.3 is 12.2 Å². The number of allylic oxidation sites excluding steroid dienone is 2. The standard InChI is InChI=1S/C47H87N11O4.C40H73N5O3/c1-31(2)12-8-13-32(3)36-18-19-37-35-17-16-33-30-34(20-22-46(33,4)38(35)21-23-47(36,37)5)62-45(61)58(29-11-27-55-42(60)40(49)15-10-26-57-44(52)53)28-7-6-24-54-41(59)39(48)14-9-25-56-43(50)51;1-29(2)11-8-12-30(3)34-15-16-35-33-14-13-31-27-32(17-19-39(31,4)36(33)18-20-40(34,35)5)48-38(47)44-28-37(46)45(26-10-22-42)25-7-6-23-43-24-9-21-41/h16,31-32,34-40H,6-15,17-30,48-49H2,1-5H3,(H,54,59)(H,55,60)(H4,50,51,56)(H4,52,53,57);13,29-30,32-36,43H,6-12,14-28,41-42H2,1-5H3,(H,44,47). The van der Waals surface area contributed by atoms with Crippen molar-refractivity contribution in [3.8, 4) is 0 Å². The summed E-state index contributed by atoms with van der Waals surface area (Å²) in [5.74, 6) is 9.10. The predicted octanol–water partition coefficient (Wildman–Crippen LogP) is 12.0. The van der Waals surface area contributed by atoms with E-state index in [1.165, 1.54) is 107 Å². The highest BCUT2D eigenvalue weighted by Gasteiger charge is 2.61. The van der Waals surface area contributed by atoms with Crippen LogP contribution in [0.25, 0.3) is 0 Å². The number of carbonyl (C=O) groups is 5. The number of rotatable bonds is 44. The Labute approximate surface area is 665 Å². The van der Waals surface area contributed by atoms with Gasteiger partial charge in [-0.25, -0.2) is 9.59 Å². The van der Waals surface area contributed by atoms with E-state index in [1.54, 1.807) is 4.90 Å². The summed E-state index contributed by atoms with van der Waals surface area (Å²) >= 11 is 0. The number of hydrogen-bond donors (Lipinski definition) is 12. The maximum Gasteiger partial charge on any atom is 0.410 e. The molecule has 18 unspecified atom stereocenters. The molecule has 0 radical (unpaired) electrons. The normalized spacial score (nSPS) is 29.6. The first-order valence-electron chi connectivity index (χ1n) is 44.3. The second-order valence-electron chi connectivity index (χ2n) is 37.3. The van der Waals surface area contributed by atoms with Crippen LogP contribution in [-0.4, -0.2) is 161 Å². The van der Waals surface area contributed by atoms with Crippen molar-refractivity contribution in [1.29, 1.82) is 0 Å². The minimum atomic E-state index is -0.672. The lowest BCUT2D eigenvalue weighted by molar-refractivity contribution is -0.130. The molecule has 630 valence electrons. The number of nitrogens with two attached hydrogens (primary N) is 8. The van der Waals surface area contributed by atoms with E-state index < -0.39 is 18.2 Å². The van der Waals surface area contributed by atoms with Gasteiger partial charge in [0, 0.05) is 65.2 Å². The lowest BCUT2D eigenvalue weighted by Crippen LogP contribution is -2.51. The molecule has 0 saturated heterocycles. The van der Waals surface area contributed by atoms with Crippen molar-refractivity contribution in [2.45, 2.75) is 305 Å². The van der Waals surface area contributed by atoms with Crippen LogP contribution in [0.2, 0.25) is 0 Å². The first-order chi connectivity index (χ1) is 52.5. The van der Waals surface area contributed by atoms with Crippen LogP contribution in [0.15, 0.2) is 33.3 Å². The van der Waals surface area contributed by atoms with Crippen LogP contribution in [0.1, 0.15) is 281 Å². The van der Waals surface area contributed by atoms with Crippen LogP contribution >= 0.6 is 0 Å². The van der Waals surface area contributed by atoms with Gasteiger partial charge in [-0.2, -0.15) is 0 Å². The Bertz CT molecular complexity index is 2960. The molecular weight excluding hydrogens is 1380 g/mol. The molecule has 0 aromatic heterocycles. The zero-order chi connectivity index (χ0) is 80.2. The molecule has 0 spiro atoms. The van der Waals surface area contributed by atoms with Gasteiger partial charge in [-0.15, -0.1) is 0 Å². The minimum Gasteiger partial charge on any atom is -0.446 e. The van der Waals surface area contributed by atoms with Gasteiger partial charge in [0.2, 0.25) is 17.7 Å². The predicted molar refractivity (Wildman–Crippen MR) is 448 cm³/mol. The molecule has 0 heterocycles. The Morgan fingerprint density at radius 3 is 1.41 bits per heavy atom. The summed E-state index contributed by atoms with van der Waals surface area (Å²) in [6.07, 6.45) is 38.7. The van der Waals surface area contributed by atoms with Crippen molar-refractivity contribution < 1.29 is 33.4 Å². The third kappa shape index (κ3) is 26.1. The Balaban J connectivity index is 0.000000316. The third-order valence-electron chi connectivity index (χ3n) is 28.9.